The summed E-state index contributed by atoms with van der Waals surface area (Å²) in [5.74, 6) is -3.11. The highest BCUT2D eigenvalue weighted by molar-refractivity contribution is 5.92. The number of carbonyl (C=O) groups excluding carboxylic acids is 1. The van der Waals surface area contributed by atoms with E-state index in [4.69, 9.17) is 10.5 Å². The number of amidine groups is 1. The molecule has 2 aliphatic rings. The minimum absolute atomic E-state index is 0.101. The first-order chi connectivity index (χ1) is 11.9. The van der Waals surface area contributed by atoms with Gasteiger partial charge < -0.3 is 15.8 Å². The lowest BCUT2D eigenvalue weighted by atomic mass is 9.86. The summed E-state index contributed by atoms with van der Waals surface area (Å²) in [7, 11) is 0. The molecule has 1 aromatic carbocycles. The molecule has 1 heterocycles. The monoisotopic (exact) mass is 351 g/mol. The molecule has 1 aromatic rings. The Balaban J connectivity index is 1.46. The van der Waals surface area contributed by atoms with Gasteiger partial charge in [0.1, 0.15) is 6.61 Å². The van der Waals surface area contributed by atoms with Crippen LogP contribution in [0.1, 0.15) is 37.7 Å². The van der Waals surface area contributed by atoms with Crippen molar-refractivity contribution in [1.82, 2.24) is 0 Å². The van der Waals surface area contributed by atoms with E-state index < -0.39 is 5.92 Å². The summed E-state index contributed by atoms with van der Waals surface area (Å²) in [6.07, 6.45) is 1.76. The van der Waals surface area contributed by atoms with Crippen LogP contribution < -0.4 is 11.1 Å². The van der Waals surface area contributed by atoms with E-state index in [0.717, 1.165) is 18.4 Å². The van der Waals surface area contributed by atoms with Crippen molar-refractivity contribution in [1.29, 1.82) is 0 Å². The molecular weight excluding hydrogens is 328 g/mol. The van der Waals surface area contributed by atoms with Crippen molar-refractivity contribution in [3.8, 4) is 0 Å². The lowest BCUT2D eigenvalue weighted by Gasteiger charge is -2.27. The number of aryl methyl sites for hydroxylation is 1. The molecule has 1 fully saturated rings. The normalized spacial score (nSPS) is 23.0. The Morgan fingerprint density at radius 2 is 1.96 bits per heavy atom. The van der Waals surface area contributed by atoms with Gasteiger partial charge in [0.2, 0.25) is 11.8 Å². The van der Waals surface area contributed by atoms with Crippen LogP contribution in [0.15, 0.2) is 29.3 Å². The quantitative estimate of drug-likeness (QED) is 0.856. The molecule has 0 saturated heterocycles. The summed E-state index contributed by atoms with van der Waals surface area (Å²) < 4.78 is 31.4. The molecule has 1 aliphatic heterocycles. The highest BCUT2D eigenvalue weighted by Gasteiger charge is 2.37. The number of nitrogens with zero attached hydrogens (tertiary/aromatic N) is 1. The number of hydrogen-bond acceptors (Lipinski definition) is 4. The molecule has 1 amide bonds. The number of nitrogens with one attached hydrogen (secondary N) is 1. The first-order valence-electron chi connectivity index (χ1n) is 8.65. The van der Waals surface area contributed by atoms with E-state index in [1.54, 1.807) is 0 Å². The molecule has 1 atom stereocenters. The van der Waals surface area contributed by atoms with Gasteiger partial charge in [-0.1, -0.05) is 12.1 Å². The SMILES string of the molecule is NC1=N[C@@H](CCc2ccc(NC(=O)C3CCC(F)(F)CC3)cc2)CO1. The van der Waals surface area contributed by atoms with Gasteiger partial charge in [0, 0.05) is 24.4 Å². The smallest absolute Gasteiger partial charge is 0.282 e. The van der Waals surface area contributed by atoms with Gasteiger partial charge >= 0.3 is 0 Å². The third kappa shape index (κ3) is 4.90. The Hall–Kier alpha value is -2.18. The van der Waals surface area contributed by atoms with Crippen molar-refractivity contribution >= 4 is 17.6 Å². The topological polar surface area (TPSA) is 76.7 Å². The van der Waals surface area contributed by atoms with Gasteiger partial charge in [0.25, 0.3) is 6.02 Å². The molecule has 1 saturated carbocycles. The predicted molar refractivity (Wildman–Crippen MR) is 91.7 cm³/mol. The first-order valence-corrected chi connectivity index (χ1v) is 8.65. The number of benzene rings is 1. The number of nitrogens with two attached hydrogens (primary N) is 1. The zero-order valence-electron chi connectivity index (χ0n) is 14.0. The Bertz CT molecular complexity index is 636. The number of ether oxygens (including phenoxy) is 1. The number of anilines is 1. The third-order valence-corrected chi connectivity index (χ3v) is 4.81. The van der Waals surface area contributed by atoms with E-state index in [2.05, 4.69) is 10.3 Å². The Morgan fingerprint density at radius 1 is 1.28 bits per heavy atom. The maximum absolute atomic E-state index is 13.2. The van der Waals surface area contributed by atoms with E-state index >= 15 is 0 Å². The van der Waals surface area contributed by atoms with Crippen molar-refractivity contribution in [3.63, 3.8) is 0 Å². The molecule has 1 aliphatic carbocycles. The van der Waals surface area contributed by atoms with Crippen molar-refractivity contribution < 1.29 is 18.3 Å². The van der Waals surface area contributed by atoms with E-state index in [1.165, 1.54) is 0 Å². The summed E-state index contributed by atoms with van der Waals surface area (Å²) in [5.41, 5.74) is 7.31. The van der Waals surface area contributed by atoms with Gasteiger partial charge in [-0.2, -0.15) is 0 Å². The minimum atomic E-state index is -2.61. The fraction of sp³-hybridized carbons (Fsp3) is 0.556. The fourth-order valence-electron chi connectivity index (χ4n) is 3.22. The molecule has 0 spiro atoms. The van der Waals surface area contributed by atoms with Gasteiger partial charge in [0.05, 0.1) is 6.04 Å². The van der Waals surface area contributed by atoms with E-state index in [1.807, 2.05) is 24.3 Å². The molecule has 0 aromatic heterocycles. The first kappa shape index (κ1) is 17.6. The van der Waals surface area contributed by atoms with Crippen LogP contribution in [0.25, 0.3) is 0 Å². The number of aliphatic imine (C=N–C) groups is 1. The van der Waals surface area contributed by atoms with Crippen LogP contribution in [-0.4, -0.2) is 30.5 Å². The molecular formula is C18H23F2N3O2. The van der Waals surface area contributed by atoms with Gasteiger partial charge in [-0.05, 0) is 43.4 Å². The van der Waals surface area contributed by atoms with Gasteiger partial charge in [-0.15, -0.1) is 0 Å². The van der Waals surface area contributed by atoms with E-state index in [0.29, 0.717) is 12.3 Å². The van der Waals surface area contributed by atoms with Crippen LogP contribution in [0.2, 0.25) is 0 Å². The minimum Gasteiger partial charge on any atom is -0.463 e. The summed E-state index contributed by atoms with van der Waals surface area (Å²) in [6.45, 7) is 0.528. The van der Waals surface area contributed by atoms with Crippen LogP contribution in [0.4, 0.5) is 14.5 Å². The predicted octanol–water partition coefficient (Wildman–Crippen LogP) is 3.10. The van der Waals surface area contributed by atoms with Crippen LogP contribution in [0.5, 0.6) is 0 Å². The molecule has 136 valence electrons. The average Bonchev–Trinajstić information content (AvgIpc) is 2.99. The zero-order chi connectivity index (χ0) is 17.9. The van der Waals surface area contributed by atoms with Crippen LogP contribution >= 0.6 is 0 Å². The number of rotatable bonds is 5. The molecule has 25 heavy (non-hydrogen) atoms. The standard InChI is InChI=1S/C18H23F2N3O2/c19-18(20)9-7-13(8-10-18)16(24)22-14-4-1-12(2-5-14)3-6-15-11-25-17(21)23-15/h1-2,4-5,13,15H,3,6-11H2,(H2,21,23)(H,22,24)/t15-/m0/s1. The van der Waals surface area contributed by atoms with Crippen LogP contribution in [0.3, 0.4) is 0 Å². The van der Waals surface area contributed by atoms with Crippen LogP contribution in [0, 0.1) is 5.92 Å². The number of halogens is 2. The fourth-order valence-corrected chi connectivity index (χ4v) is 3.22. The second kappa shape index (κ2) is 7.37. The second-order valence-electron chi connectivity index (χ2n) is 6.79. The number of hydrogen-bond donors (Lipinski definition) is 2. The summed E-state index contributed by atoms with van der Waals surface area (Å²) in [5, 5.41) is 2.83. The van der Waals surface area contributed by atoms with E-state index in [9.17, 15) is 13.6 Å². The van der Waals surface area contributed by atoms with Crippen LogP contribution in [-0.2, 0) is 16.0 Å². The highest BCUT2D eigenvalue weighted by atomic mass is 19.3. The molecule has 7 heteroatoms. The van der Waals surface area contributed by atoms with Gasteiger partial charge in [0.15, 0.2) is 0 Å². The molecule has 3 rings (SSSR count). The third-order valence-electron chi connectivity index (χ3n) is 4.81. The zero-order valence-corrected chi connectivity index (χ0v) is 14.0. The second-order valence-corrected chi connectivity index (χ2v) is 6.79. The molecule has 0 radical (unpaired) electrons. The molecule has 5 nitrogen and oxygen atoms in total. The van der Waals surface area contributed by atoms with Gasteiger partial charge in [-0.25, -0.2) is 13.8 Å². The summed E-state index contributed by atoms with van der Waals surface area (Å²) in [6, 6.07) is 7.94. The van der Waals surface area contributed by atoms with E-state index in [-0.39, 0.29) is 49.6 Å². The van der Waals surface area contributed by atoms with Crippen molar-refractivity contribution in [2.24, 2.45) is 16.6 Å². The van der Waals surface area contributed by atoms with Crippen molar-refractivity contribution in [3.05, 3.63) is 29.8 Å². The lowest BCUT2D eigenvalue weighted by molar-refractivity contribution is -0.124. The number of amides is 1. The molecule has 0 unspecified atom stereocenters. The lowest BCUT2D eigenvalue weighted by Crippen LogP contribution is -2.31. The highest BCUT2D eigenvalue weighted by Crippen LogP contribution is 2.36. The number of alkyl halides is 2. The molecule has 0 bridgehead atoms. The van der Waals surface area contributed by atoms with Crippen molar-refractivity contribution in [2.75, 3.05) is 11.9 Å². The Labute approximate surface area is 145 Å². The van der Waals surface area contributed by atoms with Crippen molar-refractivity contribution in [2.45, 2.75) is 50.5 Å². The summed E-state index contributed by atoms with van der Waals surface area (Å²) in [4.78, 5) is 16.4. The molecule has 3 N–H and O–H groups in total. The maximum atomic E-state index is 13.2. The Morgan fingerprint density at radius 3 is 2.56 bits per heavy atom. The largest absolute Gasteiger partial charge is 0.463 e. The summed E-state index contributed by atoms with van der Waals surface area (Å²) >= 11 is 0. The Kier molecular flexibility index (Phi) is 5.20. The number of carbonyl (C=O) groups is 1. The maximum Gasteiger partial charge on any atom is 0.282 e. The van der Waals surface area contributed by atoms with Gasteiger partial charge in [-0.3, -0.25) is 4.79 Å². The average molecular weight is 351 g/mol.